The summed E-state index contributed by atoms with van der Waals surface area (Å²) in [6, 6.07) is 0. The van der Waals surface area contributed by atoms with Crippen LogP contribution in [0.25, 0.3) is 0 Å². The van der Waals surface area contributed by atoms with E-state index in [1.54, 1.807) is 0 Å². The van der Waals surface area contributed by atoms with Crippen molar-refractivity contribution in [3.8, 4) is 0 Å². The molecule has 5 heteroatoms. The van der Waals surface area contributed by atoms with Crippen LogP contribution in [0.15, 0.2) is 24.3 Å². The van der Waals surface area contributed by atoms with Gasteiger partial charge in [0.1, 0.15) is 0 Å². The van der Waals surface area contributed by atoms with Gasteiger partial charge in [-0.15, -0.1) is 0 Å². The molecule has 0 aromatic carbocycles. The zero-order valence-electron chi connectivity index (χ0n) is 4.67. The second-order valence-corrected chi connectivity index (χ2v) is 1.36. The van der Waals surface area contributed by atoms with Crippen molar-refractivity contribution in [3.63, 3.8) is 0 Å². The highest BCUT2D eigenvalue weighted by atomic mass is 19.4. The van der Waals surface area contributed by atoms with E-state index < -0.39 is 17.8 Å². The molecule has 0 aromatic heterocycles. The van der Waals surface area contributed by atoms with Crippen LogP contribution in [0, 0.1) is 0 Å². The fourth-order valence-corrected chi connectivity index (χ4v) is 0.225. The zero-order valence-corrected chi connectivity index (χ0v) is 4.67. The smallest absolute Gasteiger partial charge is 0.204 e. The molecule has 0 spiro atoms. The first kappa shape index (κ1) is 9.13. The van der Waals surface area contributed by atoms with Gasteiger partial charge in [-0.25, -0.2) is 4.39 Å². The fourth-order valence-electron chi connectivity index (χ4n) is 0.225. The minimum atomic E-state index is -5.25. The van der Waals surface area contributed by atoms with Gasteiger partial charge >= 0.3 is 6.18 Å². The quantitative estimate of drug-likeness (QED) is 0.406. The first-order valence-corrected chi connectivity index (χ1v) is 2.14. The lowest BCUT2D eigenvalue weighted by atomic mass is 10.4. The first-order chi connectivity index (χ1) is 4.39. The van der Waals surface area contributed by atoms with E-state index in [-0.39, 0.29) is 6.08 Å². The van der Waals surface area contributed by atoms with Gasteiger partial charge in [0, 0.05) is 0 Å². The van der Waals surface area contributed by atoms with E-state index in [0.717, 1.165) is 0 Å². The fraction of sp³-hybridized carbons (Fsp3) is 0.200. The minimum absolute atomic E-state index is 0.156. The van der Waals surface area contributed by atoms with Crippen molar-refractivity contribution in [2.24, 2.45) is 0 Å². The molecule has 0 saturated heterocycles. The highest BCUT2D eigenvalue weighted by molar-refractivity contribution is 5.15. The van der Waals surface area contributed by atoms with Crippen molar-refractivity contribution in [1.29, 1.82) is 0 Å². The Morgan fingerprint density at radius 2 is 1.60 bits per heavy atom. The molecule has 0 N–H and O–H groups in total. The standard InChI is InChI=1S/C5H3F5/c1-2-3(6)4(7)5(8,9)10/h2H,1H2. The molecule has 0 rings (SSSR count). The second kappa shape index (κ2) is 2.81. The second-order valence-electron chi connectivity index (χ2n) is 1.36. The average molecular weight is 158 g/mol. The highest BCUT2D eigenvalue weighted by Crippen LogP contribution is 2.29. The number of hydrogen-bond acceptors (Lipinski definition) is 0. The number of alkyl halides is 3. The van der Waals surface area contributed by atoms with E-state index in [0.29, 0.717) is 0 Å². The van der Waals surface area contributed by atoms with E-state index in [1.165, 1.54) is 0 Å². The summed E-state index contributed by atoms with van der Waals surface area (Å²) >= 11 is 0. The van der Waals surface area contributed by atoms with Crippen LogP contribution >= 0.6 is 0 Å². The van der Waals surface area contributed by atoms with E-state index in [9.17, 15) is 22.0 Å². The van der Waals surface area contributed by atoms with Gasteiger partial charge in [0.15, 0.2) is 5.83 Å². The van der Waals surface area contributed by atoms with Crippen molar-refractivity contribution in [3.05, 3.63) is 24.3 Å². The maximum atomic E-state index is 11.7. The van der Waals surface area contributed by atoms with Crippen molar-refractivity contribution in [2.45, 2.75) is 6.18 Å². The largest absolute Gasteiger partial charge is 0.445 e. The maximum Gasteiger partial charge on any atom is 0.445 e. The molecule has 58 valence electrons. The van der Waals surface area contributed by atoms with Crippen molar-refractivity contribution in [2.75, 3.05) is 0 Å². The average Bonchev–Trinajstić information content (AvgIpc) is 1.83. The van der Waals surface area contributed by atoms with Crippen molar-refractivity contribution >= 4 is 0 Å². The summed E-state index contributed by atoms with van der Waals surface area (Å²) in [7, 11) is 0. The van der Waals surface area contributed by atoms with Crippen LogP contribution in [0.4, 0.5) is 22.0 Å². The van der Waals surface area contributed by atoms with Gasteiger partial charge in [-0.2, -0.15) is 17.6 Å². The van der Waals surface area contributed by atoms with Gasteiger partial charge < -0.3 is 0 Å². The molecular formula is C5H3F5. The van der Waals surface area contributed by atoms with Gasteiger partial charge in [0.2, 0.25) is 5.83 Å². The molecule has 10 heavy (non-hydrogen) atoms. The Morgan fingerprint density at radius 3 is 1.70 bits per heavy atom. The van der Waals surface area contributed by atoms with E-state index in [2.05, 4.69) is 6.58 Å². The summed E-state index contributed by atoms with van der Waals surface area (Å²) in [5.74, 6) is -4.74. The number of halogens is 5. The summed E-state index contributed by atoms with van der Waals surface area (Å²) in [6.45, 7) is 2.62. The Balaban J connectivity index is 4.63. The molecule has 0 aromatic rings. The molecule has 0 heterocycles. The Hall–Kier alpha value is -0.870. The molecule has 0 atom stereocenters. The van der Waals surface area contributed by atoms with Gasteiger partial charge in [-0.05, 0) is 6.08 Å². The van der Waals surface area contributed by atoms with E-state index >= 15 is 0 Å². The predicted octanol–water partition coefficient (Wildman–Crippen LogP) is 2.89. The monoisotopic (exact) mass is 158 g/mol. The molecule has 0 aliphatic rings. The summed E-state index contributed by atoms with van der Waals surface area (Å²) in [6.07, 6.45) is -5.10. The van der Waals surface area contributed by atoms with Crippen LogP contribution in [0.5, 0.6) is 0 Å². The first-order valence-electron chi connectivity index (χ1n) is 2.14. The van der Waals surface area contributed by atoms with Gasteiger partial charge in [0.25, 0.3) is 0 Å². The number of rotatable bonds is 1. The molecule has 0 nitrogen and oxygen atoms in total. The third kappa shape index (κ3) is 2.16. The van der Waals surface area contributed by atoms with Crippen LogP contribution in [0.1, 0.15) is 0 Å². The van der Waals surface area contributed by atoms with Crippen LogP contribution in [-0.4, -0.2) is 6.18 Å². The molecule has 0 bridgehead atoms. The molecule has 0 fully saturated rings. The highest BCUT2D eigenvalue weighted by Gasteiger charge is 2.37. The lowest BCUT2D eigenvalue weighted by Crippen LogP contribution is -2.08. The Labute approximate surface area is 53.6 Å². The molecule has 0 radical (unpaired) electrons. The zero-order chi connectivity index (χ0) is 8.36. The number of hydrogen-bond donors (Lipinski definition) is 0. The van der Waals surface area contributed by atoms with Crippen LogP contribution in [0.3, 0.4) is 0 Å². The molecule has 0 saturated carbocycles. The predicted molar refractivity (Wildman–Crippen MR) is 25.5 cm³/mol. The molecule has 0 unspecified atom stereocenters. The topological polar surface area (TPSA) is 0 Å². The lowest BCUT2D eigenvalue weighted by molar-refractivity contribution is -0.110. The lowest BCUT2D eigenvalue weighted by Gasteiger charge is -2.01. The van der Waals surface area contributed by atoms with Crippen molar-refractivity contribution < 1.29 is 22.0 Å². The Bertz CT molecular complexity index is 163. The Morgan fingerprint density at radius 1 is 1.20 bits per heavy atom. The summed E-state index contributed by atoms with van der Waals surface area (Å²) in [4.78, 5) is 0. The summed E-state index contributed by atoms with van der Waals surface area (Å²) in [5, 5.41) is 0. The number of allylic oxidation sites excluding steroid dienone is 3. The van der Waals surface area contributed by atoms with Crippen LogP contribution < -0.4 is 0 Å². The minimum Gasteiger partial charge on any atom is -0.204 e. The normalized spacial score (nSPS) is 14.5. The Kier molecular flexibility index (Phi) is 2.56. The van der Waals surface area contributed by atoms with Crippen LogP contribution in [-0.2, 0) is 0 Å². The van der Waals surface area contributed by atoms with Crippen molar-refractivity contribution in [1.82, 2.24) is 0 Å². The molecular weight excluding hydrogens is 155 g/mol. The summed E-state index contributed by atoms with van der Waals surface area (Å²) < 4.78 is 56.8. The van der Waals surface area contributed by atoms with Crippen LogP contribution in [0.2, 0.25) is 0 Å². The van der Waals surface area contributed by atoms with E-state index in [4.69, 9.17) is 0 Å². The van der Waals surface area contributed by atoms with Gasteiger partial charge in [-0.3, -0.25) is 0 Å². The molecule has 0 amide bonds. The third-order valence-electron chi connectivity index (χ3n) is 0.638. The van der Waals surface area contributed by atoms with Gasteiger partial charge in [0.05, 0.1) is 0 Å². The maximum absolute atomic E-state index is 11.7. The SMILES string of the molecule is C=CC(F)=C(F)C(F)(F)F. The van der Waals surface area contributed by atoms with E-state index in [1.807, 2.05) is 0 Å². The summed E-state index contributed by atoms with van der Waals surface area (Å²) in [5.41, 5.74) is 0. The van der Waals surface area contributed by atoms with Gasteiger partial charge in [-0.1, -0.05) is 6.58 Å². The third-order valence-corrected chi connectivity index (χ3v) is 0.638. The molecule has 0 aliphatic heterocycles. The molecule has 0 aliphatic carbocycles.